The average Bonchev–Trinajstić information content (AvgIpc) is 2.87. The van der Waals surface area contributed by atoms with E-state index < -0.39 is 27.5 Å². The number of likely N-dealkylation sites (tertiary alicyclic amines) is 1. The lowest BCUT2D eigenvalue weighted by atomic mass is 9.92. The van der Waals surface area contributed by atoms with Gasteiger partial charge in [-0.2, -0.15) is 13.2 Å². The fourth-order valence-corrected chi connectivity index (χ4v) is 6.17. The van der Waals surface area contributed by atoms with Gasteiger partial charge in [-0.15, -0.1) is 0 Å². The molecule has 1 saturated heterocycles. The van der Waals surface area contributed by atoms with Crippen LogP contribution in [0.2, 0.25) is 10.0 Å². The van der Waals surface area contributed by atoms with Crippen molar-refractivity contribution in [1.29, 1.82) is 0 Å². The molecule has 1 fully saturated rings. The van der Waals surface area contributed by atoms with Crippen LogP contribution in [0.3, 0.4) is 0 Å². The van der Waals surface area contributed by atoms with Crippen LogP contribution in [0.25, 0.3) is 0 Å². The Morgan fingerprint density at radius 2 is 1.84 bits per heavy atom. The highest BCUT2D eigenvalue weighted by Gasteiger charge is 2.36. The minimum atomic E-state index is -4.78. The number of carbonyl (C=O) groups excluding carboxylic acids is 2. The average molecular weight is 593 g/mol. The van der Waals surface area contributed by atoms with Crippen molar-refractivity contribution in [2.45, 2.75) is 57.3 Å². The van der Waals surface area contributed by atoms with Gasteiger partial charge in [-0.25, -0.2) is 8.42 Å². The number of hydrogen-bond acceptors (Lipinski definition) is 5. The number of benzene rings is 2. The third kappa shape index (κ3) is 7.28. The maximum absolute atomic E-state index is 14.1. The Morgan fingerprint density at radius 3 is 2.47 bits per heavy atom. The highest BCUT2D eigenvalue weighted by atomic mass is 35.5. The molecule has 12 heteroatoms. The first kappa shape index (κ1) is 30.4. The van der Waals surface area contributed by atoms with E-state index in [-0.39, 0.29) is 62.2 Å². The highest BCUT2D eigenvalue weighted by molar-refractivity contribution is 7.91. The van der Waals surface area contributed by atoms with Gasteiger partial charge in [-0.1, -0.05) is 37.0 Å². The molecule has 6 nitrogen and oxygen atoms in total. The number of carbonyl (C=O) groups is 2. The molecule has 3 rings (SSSR count). The number of Topliss-reactive ketones (excluding diaryl/α,β-unsaturated/α-hetero) is 1. The summed E-state index contributed by atoms with van der Waals surface area (Å²) in [7, 11) is -3.63. The summed E-state index contributed by atoms with van der Waals surface area (Å²) in [6.45, 7) is 3.75. The van der Waals surface area contributed by atoms with Gasteiger partial charge in [0.15, 0.2) is 9.84 Å². The number of amides is 1. The molecule has 1 aliphatic rings. The van der Waals surface area contributed by atoms with Crippen LogP contribution in [0.4, 0.5) is 13.2 Å². The van der Waals surface area contributed by atoms with Crippen molar-refractivity contribution < 1.29 is 31.2 Å². The molecule has 0 bridgehead atoms. The fraction of sp³-hybridized carbons (Fsp3) is 0.462. The summed E-state index contributed by atoms with van der Waals surface area (Å²) in [6.07, 6.45) is -3.01. The molecular weight excluding hydrogens is 564 g/mol. The van der Waals surface area contributed by atoms with Gasteiger partial charge in [0.1, 0.15) is 5.78 Å². The molecular formula is C26H29Cl2F3N2O4S. The molecule has 38 heavy (non-hydrogen) atoms. The molecule has 2 aromatic rings. The number of nitrogens with zero attached hydrogens (tertiary/aromatic N) is 1. The van der Waals surface area contributed by atoms with E-state index in [1.54, 1.807) is 11.8 Å². The quantitative estimate of drug-likeness (QED) is 0.390. The van der Waals surface area contributed by atoms with Crippen molar-refractivity contribution >= 4 is 44.7 Å². The summed E-state index contributed by atoms with van der Waals surface area (Å²) >= 11 is 12.3. The second-order valence-corrected chi connectivity index (χ2v) is 12.3. The zero-order valence-corrected chi connectivity index (χ0v) is 23.3. The standard InChI is InChI=1S/C26H29Cl2F3N2O4S/c1-3-23(34)16-6-5-9-33(14-16)15-20-21(26(29,30)31)11-17(12-22(20)28)25(35)32-13-18-10-19(27)7-8-24(18)38(36,37)4-2/h7-8,10-12,16H,3-6,9,13-15H2,1-2H3,(H,32,35)/t16-/m0/s1. The van der Waals surface area contributed by atoms with Crippen molar-refractivity contribution in [3.63, 3.8) is 0 Å². The summed E-state index contributed by atoms with van der Waals surface area (Å²) in [5.74, 6) is -1.17. The molecule has 0 spiro atoms. The van der Waals surface area contributed by atoms with Crippen molar-refractivity contribution in [2.75, 3.05) is 18.8 Å². The Kier molecular flexibility index (Phi) is 9.89. The Bertz CT molecular complexity index is 1320. The SMILES string of the molecule is CCC(=O)[C@H]1CCCN(Cc2c(Cl)cc(C(=O)NCc3cc(Cl)ccc3S(=O)(=O)CC)cc2C(F)(F)F)C1. The van der Waals surface area contributed by atoms with Crippen LogP contribution in [0, 0.1) is 5.92 Å². The molecule has 0 saturated carbocycles. The Balaban J connectivity index is 1.86. The van der Waals surface area contributed by atoms with Crippen molar-refractivity contribution in [2.24, 2.45) is 5.92 Å². The predicted molar refractivity (Wildman–Crippen MR) is 140 cm³/mol. The number of ketones is 1. The molecule has 1 atom stereocenters. The molecule has 0 radical (unpaired) electrons. The zero-order chi connectivity index (χ0) is 28.3. The lowest BCUT2D eigenvalue weighted by molar-refractivity contribution is -0.138. The largest absolute Gasteiger partial charge is 0.416 e. The van der Waals surface area contributed by atoms with Gasteiger partial charge >= 0.3 is 6.18 Å². The third-order valence-corrected chi connectivity index (χ3v) is 9.03. The number of piperidine rings is 1. The maximum Gasteiger partial charge on any atom is 0.416 e. The van der Waals surface area contributed by atoms with Crippen LogP contribution in [-0.2, 0) is 33.9 Å². The molecule has 1 aliphatic heterocycles. The summed E-state index contributed by atoms with van der Waals surface area (Å²) in [5, 5.41) is 2.50. The van der Waals surface area contributed by atoms with E-state index in [0.717, 1.165) is 6.07 Å². The van der Waals surface area contributed by atoms with Crippen LogP contribution in [0.1, 0.15) is 60.2 Å². The van der Waals surface area contributed by atoms with Gasteiger partial charge in [0.2, 0.25) is 0 Å². The van der Waals surface area contributed by atoms with E-state index in [1.807, 2.05) is 0 Å². The predicted octanol–water partition coefficient (Wildman–Crippen LogP) is 5.93. The number of alkyl halides is 3. The molecule has 208 valence electrons. The van der Waals surface area contributed by atoms with E-state index in [2.05, 4.69) is 5.32 Å². The number of nitrogens with one attached hydrogen (secondary N) is 1. The van der Waals surface area contributed by atoms with Crippen LogP contribution in [-0.4, -0.2) is 43.9 Å². The van der Waals surface area contributed by atoms with E-state index in [0.29, 0.717) is 32.4 Å². The van der Waals surface area contributed by atoms with Gasteiger partial charge in [0, 0.05) is 47.6 Å². The van der Waals surface area contributed by atoms with Gasteiger partial charge in [-0.05, 0) is 60.8 Å². The first-order chi connectivity index (χ1) is 17.8. The molecule has 2 aromatic carbocycles. The van der Waals surface area contributed by atoms with Gasteiger partial charge in [-0.3, -0.25) is 14.5 Å². The molecule has 0 unspecified atom stereocenters. The number of sulfone groups is 1. The summed E-state index contributed by atoms with van der Waals surface area (Å²) in [5.41, 5.74) is -1.29. The highest BCUT2D eigenvalue weighted by Crippen LogP contribution is 2.37. The summed E-state index contributed by atoms with van der Waals surface area (Å²) < 4.78 is 67.0. The second-order valence-electron chi connectivity index (χ2n) is 9.21. The van der Waals surface area contributed by atoms with Crippen molar-refractivity contribution in [3.05, 3.63) is 62.6 Å². The van der Waals surface area contributed by atoms with E-state index >= 15 is 0 Å². The first-order valence-electron chi connectivity index (χ1n) is 12.2. The minimum absolute atomic E-state index is 0.0181. The third-order valence-electron chi connectivity index (χ3n) is 6.63. The Hall–Kier alpha value is -2.14. The van der Waals surface area contributed by atoms with Gasteiger partial charge in [0.05, 0.1) is 16.2 Å². The van der Waals surface area contributed by atoms with Crippen molar-refractivity contribution in [1.82, 2.24) is 10.2 Å². The number of rotatable bonds is 9. The lowest BCUT2D eigenvalue weighted by Crippen LogP contribution is -2.38. The van der Waals surface area contributed by atoms with E-state index in [1.165, 1.54) is 31.2 Å². The molecule has 0 aliphatic carbocycles. The molecule has 1 amide bonds. The Labute approximate surface area is 230 Å². The lowest BCUT2D eigenvalue weighted by Gasteiger charge is -2.32. The normalized spacial score (nSPS) is 16.9. The van der Waals surface area contributed by atoms with Crippen molar-refractivity contribution in [3.8, 4) is 0 Å². The molecule has 1 N–H and O–H groups in total. The number of hydrogen-bond donors (Lipinski definition) is 1. The second kappa shape index (κ2) is 12.4. The monoisotopic (exact) mass is 592 g/mol. The molecule has 1 heterocycles. The maximum atomic E-state index is 14.1. The smallest absolute Gasteiger partial charge is 0.348 e. The van der Waals surface area contributed by atoms with E-state index in [4.69, 9.17) is 23.2 Å². The first-order valence-corrected chi connectivity index (χ1v) is 14.6. The fourth-order valence-electron chi connectivity index (χ4n) is 4.58. The van der Waals surface area contributed by atoms with Gasteiger partial charge in [0.25, 0.3) is 5.91 Å². The van der Waals surface area contributed by atoms with E-state index in [9.17, 15) is 31.2 Å². The summed E-state index contributed by atoms with van der Waals surface area (Å²) in [6, 6.07) is 6.04. The van der Waals surface area contributed by atoms with Crippen LogP contribution in [0.5, 0.6) is 0 Å². The topological polar surface area (TPSA) is 83.6 Å². The summed E-state index contributed by atoms with van der Waals surface area (Å²) in [4.78, 5) is 26.8. The minimum Gasteiger partial charge on any atom is -0.348 e. The van der Waals surface area contributed by atoms with Crippen LogP contribution >= 0.6 is 23.2 Å². The Morgan fingerprint density at radius 1 is 1.13 bits per heavy atom. The molecule has 0 aromatic heterocycles. The van der Waals surface area contributed by atoms with Gasteiger partial charge < -0.3 is 5.32 Å². The number of halogens is 5. The van der Waals surface area contributed by atoms with Crippen LogP contribution in [0.15, 0.2) is 35.2 Å². The van der Waals surface area contributed by atoms with Crippen LogP contribution < -0.4 is 5.32 Å². The zero-order valence-electron chi connectivity index (χ0n) is 21.0.